The maximum Gasteiger partial charge on any atom is 0.272 e. The van der Waals surface area contributed by atoms with Gasteiger partial charge in [-0.1, -0.05) is 6.42 Å². The highest BCUT2D eigenvalue weighted by Gasteiger charge is 2.35. The van der Waals surface area contributed by atoms with Crippen molar-refractivity contribution in [2.75, 3.05) is 26.2 Å². The minimum absolute atomic E-state index is 0.162. The maximum absolute atomic E-state index is 13.2. The number of piperazine rings is 1. The summed E-state index contributed by atoms with van der Waals surface area (Å²) >= 11 is 0. The van der Waals surface area contributed by atoms with Crippen molar-refractivity contribution >= 4 is 5.91 Å². The second-order valence-corrected chi connectivity index (χ2v) is 8.75. The van der Waals surface area contributed by atoms with Crippen molar-refractivity contribution in [2.45, 2.75) is 70.4 Å². The Morgan fingerprint density at radius 2 is 1.92 bits per heavy atom. The molecule has 0 unspecified atom stereocenters. The third-order valence-electron chi connectivity index (χ3n) is 5.70. The normalized spacial score (nSPS) is 25.6. The summed E-state index contributed by atoms with van der Waals surface area (Å²) in [5.41, 5.74) is 1.74. The molecule has 2 saturated heterocycles. The van der Waals surface area contributed by atoms with Crippen LogP contribution in [0.4, 0.5) is 0 Å². The van der Waals surface area contributed by atoms with Gasteiger partial charge in [-0.2, -0.15) is 5.10 Å². The number of carbonyl (C=O) groups excluding carboxylic acids is 1. The molecule has 4 rings (SSSR count). The van der Waals surface area contributed by atoms with Gasteiger partial charge in [0.05, 0.1) is 11.2 Å². The number of nitrogens with zero attached hydrogens (tertiary/aromatic N) is 4. The average Bonchev–Trinajstić information content (AvgIpc) is 3.31. The molecule has 1 atom stereocenters. The number of carbonyl (C=O) groups is 1. The molecule has 1 aliphatic carbocycles. The Balaban J connectivity index is 1.57. The van der Waals surface area contributed by atoms with E-state index in [4.69, 9.17) is 5.10 Å². The van der Waals surface area contributed by atoms with Crippen molar-refractivity contribution in [3.63, 3.8) is 0 Å². The van der Waals surface area contributed by atoms with Crippen molar-refractivity contribution in [1.29, 1.82) is 0 Å². The standard InChI is InChI=1S/C19H30N4O/c1-19(2,3)23-17(12-16(20-23)14-7-8-14)18(24)22-11-10-21-9-5-4-6-15(21)13-22/h12,14-15H,4-11,13H2,1-3H3/t15-/m1/s1. The lowest BCUT2D eigenvalue weighted by Gasteiger charge is -2.44. The van der Waals surface area contributed by atoms with Gasteiger partial charge in [-0.25, -0.2) is 0 Å². The van der Waals surface area contributed by atoms with Crippen LogP contribution in [0.5, 0.6) is 0 Å². The molecule has 1 aromatic heterocycles. The summed E-state index contributed by atoms with van der Waals surface area (Å²) in [6.07, 6.45) is 6.28. The van der Waals surface area contributed by atoms with Gasteiger partial charge in [-0.3, -0.25) is 14.4 Å². The molecule has 0 bridgehead atoms. The Hall–Kier alpha value is -1.36. The molecule has 1 saturated carbocycles. The van der Waals surface area contributed by atoms with E-state index in [1.165, 1.54) is 38.6 Å². The Kier molecular flexibility index (Phi) is 3.94. The third kappa shape index (κ3) is 2.99. The Labute approximate surface area is 145 Å². The molecule has 132 valence electrons. The van der Waals surface area contributed by atoms with Crippen LogP contribution in [0.1, 0.15) is 75.0 Å². The summed E-state index contributed by atoms with van der Waals surface area (Å²) in [6, 6.07) is 2.63. The Bertz CT molecular complexity index is 626. The molecule has 0 spiro atoms. The van der Waals surface area contributed by atoms with Gasteiger partial charge in [0, 0.05) is 31.6 Å². The quantitative estimate of drug-likeness (QED) is 0.837. The van der Waals surface area contributed by atoms with Crippen LogP contribution in [0.15, 0.2) is 6.07 Å². The fourth-order valence-corrected chi connectivity index (χ4v) is 4.14. The first kappa shape index (κ1) is 16.1. The molecule has 3 heterocycles. The highest BCUT2D eigenvalue weighted by atomic mass is 16.2. The highest BCUT2D eigenvalue weighted by molar-refractivity contribution is 5.93. The number of fused-ring (bicyclic) bond motifs is 1. The molecule has 3 fully saturated rings. The molecule has 0 radical (unpaired) electrons. The van der Waals surface area contributed by atoms with E-state index in [0.29, 0.717) is 12.0 Å². The van der Waals surface area contributed by atoms with Crippen molar-refractivity contribution in [1.82, 2.24) is 19.6 Å². The highest BCUT2D eigenvalue weighted by Crippen LogP contribution is 2.40. The van der Waals surface area contributed by atoms with Gasteiger partial charge in [0.25, 0.3) is 5.91 Å². The zero-order valence-electron chi connectivity index (χ0n) is 15.3. The first-order valence-electron chi connectivity index (χ1n) is 9.57. The molecule has 2 aliphatic heterocycles. The lowest BCUT2D eigenvalue weighted by atomic mass is 9.99. The molecule has 1 aromatic rings. The van der Waals surface area contributed by atoms with E-state index < -0.39 is 0 Å². The van der Waals surface area contributed by atoms with Crippen molar-refractivity contribution in [3.05, 3.63) is 17.5 Å². The topological polar surface area (TPSA) is 41.4 Å². The van der Waals surface area contributed by atoms with E-state index >= 15 is 0 Å². The molecular formula is C19H30N4O. The molecule has 5 heteroatoms. The van der Waals surface area contributed by atoms with Crippen molar-refractivity contribution < 1.29 is 4.79 Å². The Morgan fingerprint density at radius 3 is 2.62 bits per heavy atom. The number of piperidine rings is 1. The first-order valence-corrected chi connectivity index (χ1v) is 9.57. The van der Waals surface area contributed by atoms with Gasteiger partial charge >= 0.3 is 0 Å². The number of rotatable bonds is 2. The number of amides is 1. The summed E-state index contributed by atoms with van der Waals surface area (Å²) < 4.78 is 1.97. The van der Waals surface area contributed by atoms with E-state index in [-0.39, 0.29) is 11.4 Å². The molecule has 3 aliphatic rings. The van der Waals surface area contributed by atoms with E-state index in [9.17, 15) is 4.79 Å². The van der Waals surface area contributed by atoms with Crippen molar-refractivity contribution in [3.8, 4) is 0 Å². The lowest BCUT2D eigenvalue weighted by Crippen LogP contribution is -2.56. The summed E-state index contributed by atoms with van der Waals surface area (Å²) in [6.45, 7) is 10.4. The van der Waals surface area contributed by atoms with E-state index in [1.807, 2.05) is 4.68 Å². The summed E-state index contributed by atoms with van der Waals surface area (Å²) in [5.74, 6) is 0.755. The van der Waals surface area contributed by atoms with Gasteiger partial charge in [0.2, 0.25) is 0 Å². The Morgan fingerprint density at radius 1 is 1.12 bits per heavy atom. The first-order chi connectivity index (χ1) is 11.4. The number of aromatic nitrogens is 2. The lowest BCUT2D eigenvalue weighted by molar-refractivity contribution is 0.0359. The third-order valence-corrected chi connectivity index (χ3v) is 5.70. The minimum atomic E-state index is -0.162. The van der Waals surface area contributed by atoms with Crippen molar-refractivity contribution in [2.24, 2.45) is 0 Å². The van der Waals surface area contributed by atoms with Gasteiger partial charge in [0.1, 0.15) is 5.69 Å². The predicted octanol–water partition coefficient (Wildman–Crippen LogP) is 2.83. The van der Waals surface area contributed by atoms with Crippen LogP contribution in [0.3, 0.4) is 0 Å². The number of hydrogen-bond acceptors (Lipinski definition) is 3. The SMILES string of the molecule is CC(C)(C)n1nc(C2CC2)cc1C(=O)N1CCN2CCCC[C@@H]2C1. The molecule has 1 amide bonds. The summed E-state index contributed by atoms with van der Waals surface area (Å²) in [7, 11) is 0. The monoisotopic (exact) mass is 330 g/mol. The fourth-order valence-electron chi connectivity index (χ4n) is 4.14. The second-order valence-electron chi connectivity index (χ2n) is 8.75. The van der Waals surface area contributed by atoms with Gasteiger partial charge < -0.3 is 4.90 Å². The van der Waals surface area contributed by atoms with Gasteiger partial charge in [-0.15, -0.1) is 0 Å². The van der Waals surface area contributed by atoms with Crippen LogP contribution in [0, 0.1) is 0 Å². The average molecular weight is 330 g/mol. The maximum atomic E-state index is 13.2. The van der Waals surface area contributed by atoms with Crippen LogP contribution < -0.4 is 0 Å². The molecular weight excluding hydrogens is 300 g/mol. The molecule has 5 nitrogen and oxygen atoms in total. The van der Waals surface area contributed by atoms with Crippen LogP contribution in [-0.2, 0) is 5.54 Å². The summed E-state index contributed by atoms with van der Waals surface area (Å²) in [4.78, 5) is 17.9. The molecule has 0 aromatic carbocycles. The predicted molar refractivity (Wildman–Crippen MR) is 94.3 cm³/mol. The van der Waals surface area contributed by atoms with Gasteiger partial charge in [0.15, 0.2) is 0 Å². The number of hydrogen-bond donors (Lipinski definition) is 0. The van der Waals surface area contributed by atoms with Crippen LogP contribution in [-0.4, -0.2) is 57.7 Å². The zero-order valence-corrected chi connectivity index (χ0v) is 15.3. The smallest absolute Gasteiger partial charge is 0.272 e. The van der Waals surface area contributed by atoms with E-state index in [1.54, 1.807) is 0 Å². The molecule has 0 N–H and O–H groups in total. The largest absolute Gasteiger partial charge is 0.334 e. The zero-order chi connectivity index (χ0) is 16.9. The second kappa shape index (κ2) is 5.87. The minimum Gasteiger partial charge on any atom is -0.334 e. The van der Waals surface area contributed by atoms with E-state index in [2.05, 4.69) is 36.6 Å². The van der Waals surface area contributed by atoms with Crippen LogP contribution in [0.25, 0.3) is 0 Å². The van der Waals surface area contributed by atoms with E-state index in [0.717, 1.165) is 31.0 Å². The molecule has 24 heavy (non-hydrogen) atoms. The van der Waals surface area contributed by atoms with Crippen LogP contribution in [0.2, 0.25) is 0 Å². The van der Waals surface area contributed by atoms with Crippen LogP contribution >= 0.6 is 0 Å². The fraction of sp³-hybridized carbons (Fsp3) is 0.789. The summed E-state index contributed by atoms with van der Waals surface area (Å²) in [5, 5.41) is 4.80. The van der Waals surface area contributed by atoms with Gasteiger partial charge in [-0.05, 0) is 59.1 Å².